The number of halogens is 3. The van der Waals surface area contributed by atoms with E-state index in [9.17, 15) is 18.0 Å². The van der Waals surface area contributed by atoms with Gasteiger partial charge in [0.15, 0.2) is 5.78 Å². The lowest BCUT2D eigenvalue weighted by Crippen LogP contribution is -2.04. The summed E-state index contributed by atoms with van der Waals surface area (Å²) in [5.41, 5.74) is 0.217. The Kier molecular flexibility index (Phi) is 3.18. The maximum absolute atomic E-state index is 12.4. The van der Waals surface area contributed by atoms with Crippen LogP contribution in [0.15, 0.2) is 28.8 Å². The van der Waals surface area contributed by atoms with Crippen LogP contribution in [0.3, 0.4) is 0 Å². The second-order valence-electron chi connectivity index (χ2n) is 4.09. The summed E-state index contributed by atoms with van der Waals surface area (Å²) in [6, 6.07) is 4.44. The standard InChI is InChI=1S/C13H10F3NO2/c1-7(18)11-8(2)19-17-12(11)9-3-5-10(6-4-9)13(14,15)16/h3-6H,1-2H3. The molecule has 0 spiro atoms. The van der Waals surface area contributed by atoms with E-state index in [4.69, 9.17) is 4.52 Å². The Morgan fingerprint density at radius 3 is 2.26 bits per heavy atom. The van der Waals surface area contributed by atoms with Crippen molar-refractivity contribution in [2.75, 3.05) is 0 Å². The number of Topliss-reactive ketones (excluding diaryl/α,β-unsaturated/α-hetero) is 1. The van der Waals surface area contributed by atoms with Crippen molar-refractivity contribution in [3.8, 4) is 11.3 Å². The first-order chi connectivity index (χ1) is 8.80. The van der Waals surface area contributed by atoms with Crippen LogP contribution in [0.25, 0.3) is 11.3 Å². The van der Waals surface area contributed by atoms with Crippen molar-refractivity contribution in [1.29, 1.82) is 0 Å². The Hall–Kier alpha value is -2.11. The van der Waals surface area contributed by atoms with Gasteiger partial charge in [0.1, 0.15) is 11.5 Å². The van der Waals surface area contributed by atoms with Crippen molar-refractivity contribution >= 4 is 5.78 Å². The molecule has 1 heterocycles. The van der Waals surface area contributed by atoms with Crippen LogP contribution in [0.2, 0.25) is 0 Å². The van der Waals surface area contributed by atoms with Gasteiger partial charge in [-0.1, -0.05) is 17.3 Å². The summed E-state index contributed by atoms with van der Waals surface area (Å²) in [4.78, 5) is 11.5. The maximum atomic E-state index is 12.4. The van der Waals surface area contributed by atoms with E-state index in [0.29, 0.717) is 16.9 Å². The second kappa shape index (κ2) is 4.53. The van der Waals surface area contributed by atoms with Crippen LogP contribution in [0.4, 0.5) is 13.2 Å². The SMILES string of the molecule is CC(=O)c1c(-c2ccc(C(F)(F)F)cc2)noc1C. The number of nitrogens with zero attached hydrogens (tertiary/aromatic N) is 1. The van der Waals surface area contributed by atoms with Gasteiger partial charge in [0, 0.05) is 5.56 Å². The van der Waals surface area contributed by atoms with Crippen molar-refractivity contribution in [3.05, 3.63) is 41.2 Å². The van der Waals surface area contributed by atoms with Gasteiger partial charge in [0.25, 0.3) is 0 Å². The molecule has 0 radical (unpaired) electrons. The van der Waals surface area contributed by atoms with Gasteiger partial charge in [-0.25, -0.2) is 0 Å². The van der Waals surface area contributed by atoms with Gasteiger partial charge in [-0.3, -0.25) is 4.79 Å². The van der Waals surface area contributed by atoms with Crippen LogP contribution in [0.5, 0.6) is 0 Å². The van der Waals surface area contributed by atoms with Crippen LogP contribution in [0.1, 0.15) is 28.6 Å². The predicted octanol–water partition coefficient (Wildman–Crippen LogP) is 3.87. The zero-order chi connectivity index (χ0) is 14.2. The van der Waals surface area contributed by atoms with Crippen LogP contribution in [-0.4, -0.2) is 10.9 Å². The van der Waals surface area contributed by atoms with Crippen molar-refractivity contribution in [1.82, 2.24) is 5.16 Å². The minimum absolute atomic E-state index is 0.242. The molecule has 0 aliphatic rings. The topological polar surface area (TPSA) is 43.1 Å². The zero-order valence-corrected chi connectivity index (χ0v) is 10.2. The smallest absolute Gasteiger partial charge is 0.360 e. The van der Waals surface area contributed by atoms with Crippen molar-refractivity contribution in [2.24, 2.45) is 0 Å². The molecule has 0 saturated carbocycles. The van der Waals surface area contributed by atoms with Crippen LogP contribution < -0.4 is 0 Å². The summed E-state index contributed by atoms with van der Waals surface area (Å²) in [6.07, 6.45) is -4.39. The van der Waals surface area contributed by atoms with Gasteiger partial charge >= 0.3 is 6.18 Å². The number of aryl methyl sites for hydroxylation is 1. The van der Waals surface area contributed by atoms with Gasteiger partial charge < -0.3 is 4.52 Å². The lowest BCUT2D eigenvalue weighted by atomic mass is 10.0. The summed E-state index contributed by atoms with van der Waals surface area (Å²) in [7, 11) is 0. The Balaban J connectivity index is 2.46. The lowest BCUT2D eigenvalue weighted by Gasteiger charge is -2.06. The van der Waals surface area contributed by atoms with Gasteiger partial charge in [0.05, 0.1) is 11.1 Å². The zero-order valence-electron chi connectivity index (χ0n) is 10.2. The molecule has 0 aliphatic heterocycles. The molecule has 0 fully saturated rings. The molecule has 19 heavy (non-hydrogen) atoms. The van der Waals surface area contributed by atoms with E-state index in [1.807, 2.05) is 0 Å². The van der Waals surface area contributed by atoms with Crippen LogP contribution >= 0.6 is 0 Å². The molecule has 0 unspecified atom stereocenters. The molecule has 0 N–H and O–H groups in total. The van der Waals surface area contributed by atoms with Crippen molar-refractivity contribution in [2.45, 2.75) is 20.0 Å². The number of rotatable bonds is 2. The lowest BCUT2D eigenvalue weighted by molar-refractivity contribution is -0.137. The third-order valence-electron chi connectivity index (χ3n) is 2.70. The third-order valence-corrected chi connectivity index (χ3v) is 2.70. The number of ketones is 1. The number of benzene rings is 1. The Morgan fingerprint density at radius 2 is 1.79 bits per heavy atom. The van der Waals surface area contributed by atoms with E-state index in [1.54, 1.807) is 6.92 Å². The molecule has 1 aromatic carbocycles. The molecule has 2 aromatic rings. The number of hydrogen-bond acceptors (Lipinski definition) is 3. The first-order valence-corrected chi connectivity index (χ1v) is 5.45. The second-order valence-corrected chi connectivity index (χ2v) is 4.09. The fourth-order valence-electron chi connectivity index (χ4n) is 1.80. The summed E-state index contributed by atoms with van der Waals surface area (Å²) in [5, 5.41) is 3.72. The number of carbonyl (C=O) groups excluding carboxylic acids is 1. The molecular formula is C13H10F3NO2. The van der Waals surface area contributed by atoms with E-state index in [0.717, 1.165) is 12.1 Å². The molecular weight excluding hydrogens is 259 g/mol. The number of alkyl halides is 3. The maximum Gasteiger partial charge on any atom is 0.416 e. The molecule has 0 amide bonds. The quantitative estimate of drug-likeness (QED) is 0.777. The van der Waals surface area contributed by atoms with Gasteiger partial charge in [-0.2, -0.15) is 13.2 Å². The average Bonchev–Trinajstić information content (AvgIpc) is 2.70. The Morgan fingerprint density at radius 1 is 1.21 bits per heavy atom. The van der Waals surface area contributed by atoms with E-state index < -0.39 is 11.7 Å². The largest absolute Gasteiger partial charge is 0.416 e. The predicted molar refractivity (Wildman–Crippen MR) is 61.7 cm³/mol. The van der Waals surface area contributed by atoms with E-state index in [-0.39, 0.29) is 11.5 Å². The summed E-state index contributed by atoms with van der Waals surface area (Å²) < 4.78 is 42.3. The fraction of sp³-hybridized carbons (Fsp3) is 0.231. The molecule has 0 atom stereocenters. The Labute approximate surface area is 107 Å². The molecule has 0 aliphatic carbocycles. The van der Waals surface area contributed by atoms with Crippen molar-refractivity contribution < 1.29 is 22.5 Å². The minimum Gasteiger partial charge on any atom is -0.360 e. The molecule has 0 saturated heterocycles. The Bertz CT molecular complexity index is 612. The molecule has 3 nitrogen and oxygen atoms in total. The van der Waals surface area contributed by atoms with Gasteiger partial charge in [0.2, 0.25) is 0 Å². The molecule has 0 bridgehead atoms. The molecule has 2 rings (SSSR count). The van der Waals surface area contributed by atoms with Crippen LogP contribution in [0, 0.1) is 6.92 Å². The minimum atomic E-state index is -4.39. The highest BCUT2D eigenvalue weighted by molar-refractivity contribution is 6.00. The number of aromatic nitrogens is 1. The first kappa shape index (κ1) is 13.3. The molecule has 6 heteroatoms. The number of carbonyl (C=O) groups is 1. The summed E-state index contributed by atoms with van der Waals surface area (Å²) in [6.45, 7) is 2.93. The number of hydrogen-bond donors (Lipinski definition) is 0. The van der Waals surface area contributed by atoms with E-state index >= 15 is 0 Å². The molecule has 1 aromatic heterocycles. The highest BCUT2D eigenvalue weighted by Gasteiger charge is 2.30. The van der Waals surface area contributed by atoms with Crippen molar-refractivity contribution in [3.63, 3.8) is 0 Å². The fourth-order valence-corrected chi connectivity index (χ4v) is 1.80. The third kappa shape index (κ3) is 2.52. The van der Waals surface area contributed by atoms with E-state index in [2.05, 4.69) is 5.16 Å². The molecule has 100 valence electrons. The summed E-state index contributed by atoms with van der Waals surface area (Å²) >= 11 is 0. The van der Waals surface area contributed by atoms with E-state index in [1.165, 1.54) is 19.1 Å². The first-order valence-electron chi connectivity index (χ1n) is 5.45. The van der Waals surface area contributed by atoms with Gasteiger partial charge in [-0.15, -0.1) is 0 Å². The average molecular weight is 269 g/mol. The summed E-state index contributed by atoms with van der Waals surface area (Å²) in [5.74, 6) is 0.107. The van der Waals surface area contributed by atoms with Crippen LogP contribution in [-0.2, 0) is 6.18 Å². The highest BCUT2D eigenvalue weighted by Crippen LogP contribution is 2.32. The monoisotopic (exact) mass is 269 g/mol. The normalized spacial score (nSPS) is 11.6. The van der Waals surface area contributed by atoms with Gasteiger partial charge in [-0.05, 0) is 26.0 Å². The highest BCUT2D eigenvalue weighted by atomic mass is 19.4.